The van der Waals surface area contributed by atoms with E-state index in [1.807, 2.05) is 51.2 Å². The lowest BCUT2D eigenvalue weighted by Crippen LogP contribution is -2.47. The highest BCUT2D eigenvalue weighted by Crippen LogP contribution is 2.29. The summed E-state index contributed by atoms with van der Waals surface area (Å²) in [6.07, 6.45) is 2.22. The number of ether oxygens (including phenoxy) is 2. The molecule has 4 rings (SSSR count). The van der Waals surface area contributed by atoms with Gasteiger partial charge >= 0.3 is 6.03 Å². The van der Waals surface area contributed by atoms with Crippen molar-refractivity contribution in [2.45, 2.75) is 64.8 Å². The van der Waals surface area contributed by atoms with E-state index in [1.165, 1.54) is 0 Å². The number of hydrogen-bond donors (Lipinski definition) is 3. The molecule has 1 aliphatic heterocycles. The van der Waals surface area contributed by atoms with Gasteiger partial charge in [-0.25, -0.2) is 4.79 Å². The number of carbonyl (C=O) groups is 2. The lowest BCUT2D eigenvalue weighted by Gasteiger charge is -2.36. The molecule has 3 amide bonds. The fourth-order valence-corrected chi connectivity index (χ4v) is 5.92. The third-order valence-corrected chi connectivity index (χ3v) is 9.01. The minimum atomic E-state index is -0.476. The van der Waals surface area contributed by atoms with E-state index in [-0.39, 0.29) is 30.6 Å². The maximum absolute atomic E-state index is 14.3. The van der Waals surface area contributed by atoms with Crippen LogP contribution >= 0.6 is 23.2 Å². The average Bonchev–Trinajstić information content (AvgIpc) is 3.04. The number of likely N-dealkylation sites (N-methyl/N-ethyl adjacent to an activating group) is 1. The molecule has 1 aliphatic rings. The quantitative estimate of drug-likeness (QED) is 0.226. The summed E-state index contributed by atoms with van der Waals surface area (Å²) < 4.78 is 12.8. The molecular formula is C36H46Cl2N4O5. The van der Waals surface area contributed by atoms with Crippen LogP contribution in [-0.4, -0.2) is 78.4 Å². The van der Waals surface area contributed by atoms with Crippen LogP contribution in [0.3, 0.4) is 0 Å². The third-order valence-electron chi connectivity index (χ3n) is 8.27. The molecule has 0 bridgehead atoms. The van der Waals surface area contributed by atoms with Gasteiger partial charge in [0.25, 0.3) is 5.91 Å². The van der Waals surface area contributed by atoms with Crippen LogP contribution in [0.25, 0.3) is 0 Å². The standard InChI is InChI=1S/C36H46Cl2N4O5/c1-24-20-42(25(2)23-43)35(44)30-19-29(40-36(45)39-28-11-6-5-7-12-28)14-16-33(30)47-26(3)10-8-9-17-46-34(24)22-41(4)21-27-13-15-31(37)32(38)18-27/h5-7,11-16,18-19,24-26,34,43H,8-10,17,20-23H2,1-4H3,(H2,39,40,45)/t24-,25-,26+,34+/m0/s1. The number of rotatable bonds is 8. The average molecular weight is 686 g/mol. The second-order valence-electron chi connectivity index (χ2n) is 12.4. The summed E-state index contributed by atoms with van der Waals surface area (Å²) in [5, 5.41) is 16.9. The van der Waals surface area contributed by atoms with Gasteiger partial charge in [0.1, 0.15) is 5.75 Å². The highest BCUT2D eigenvalue weighted by atomic mass is 35.5. The lowest BCUT2D eigenvalue weighted by molar-refractivity contribution is -0.0177. The highest BCUT2D eigenvalue weighted by molar-refractivity contribution is 6.42. The molecule has 1 heterocycles. The molecule has 0 saturated heterocycles. The second kappa shape index (κ2) is 17.7. The minimum Gasteiger partial charge on any atom is -0.490 e. The van der Waals surface area contributed by atoms with Crippen molar-refractivity contribution in [2.75, 3.05) is 44.0 Å². The summed E-state index contributed by atoms with van der Waals surface area (Å²) in [7, 11) is 2.03. The smallest absolute Gasteiger partial charge is 0.323 e. The number of nitrogens with zero attached hydrogens (tertiary/aromatic N) is 2. The van der Waals surface area contributed by atoms with Crippen molar-refractivity contribution in [3.8, 4) is 5.75 Å². The summed E-state index contributed by atoms with van der Waals surface area (Å²) in [6, 6.07) is 18.9. The Labute approximate surface area is 288 Å². The number of urea groups is 1. The van der Waals surface area contributed by atoms with E-state index in [1.54, 1.807) is 41.3 Å². The molecule has 0 radical (unpaired) electrons. The SMILES string of the molecule is C[C@@H]1CCCCO[C@H](CN(C)Cc2ccc(Cl)c(Cl)c2)[C@@H](C)CN([C@@H](C)CO)C(=O)c2cc(NC(=O)Nc3ccccc3)ccc2O1. The lowest BCUT2D eigenvalue weighted by atomic mass is 10.0. The fraction of sp³-hybridized carbons (Fsp3) is 0.444. The zero-order valence-corrected chi connectivity index (χ0v) is 29.1. The van der Waals surface area contributed by atoms with Gasteiger partial charge in [-0.2, -0.15) is 0 Å². The summed E-state index contributed by atoms with van der Waals surface area (Å²) in [4.78, 5) is 31.0. The summed E-state index contributed by atoms with van der Waals surface area (Å²) in [5.74, 6) is 0.0617. The predicted octanol–water partition coefficient (Wildman–Crippen LogP) is 7.56. The van der Waals surface area contributed by atoms with Gasteiger partial charge in [-0.15, -0.1) is 0 Å². The first-order valence-corrected chi connectivity index (χ1v) is 16.9. The Morgan fingerprint density at radius 3 is 2.49 bits per heavy atom. The number of amides is 3. The monoisotopic (exact) mass is 684 g/mol. The number of aliphatic hydroxyl groups is 1. The zero-order chi connectivity index (χ0) is 33.9. The molecular weight excluding hydrogens is 639 g/mol. The molecule has 0 aliphatic carbocycles. The number of carbonyl (C=O) groups excluding carboxylic acids is 2. The van der Waals surface area contributed by atoms with Gasteiger partial charge in [-0.3, -0.25) is 9.69 Å². The Kier molecular flexibility index (Phi) is 13.8. The molecule has 3 N–H and O–H groups in total. The highest BCUT2D eigenvalue weighted by Gasteiger charge is 2.30. The van der Waals surface area contributed by atoms with E-state index < -0.39 is 12.1 Å². The summed E-state index contributed by atoms with van der Waals surface area (Å²) in [6.45, 7) is 7.85. The van der Waals surface area contributed by atoms with E-state index in [2.05, 4.69) is 22.5 Å². The Morgan fingerprint density at radius 1 is 1.02 bits per heavy atom. The Bertz CT molecular complexity index is 1480. The van der Waals surface area contributed by atoms with Crippen molar-refractivity contribution in [3.05, 3.63) is 87.9 Å². The molecule has 0 aromatic heterocycles. The van der Waals surface area contributed by atoms with E-state index in [9.17, 15) is 14.7 Å². The van der Waals surface area contributed by atoms with Crippen LogP contribution in [0.5, 0.6) is 5.75 Å². The van der Waals surface area contributed by atoms with Gasteiger partial charge in [-0.05, 0) is 88.2 Å². The first-order chi connectivity index (χ1) is 22.5. The van der Waals surface area contributed by atoms with Crippen LogP contribution in [0.4, 0.5) is 16.2 Å². The molecule has 3 aromatic carbocycles. The van der Waals surface area contributed by atoms with E-state index >= 15 is 0 Å². The van der Waals surface area contributed by atoms with Crippen LogP contribution in [0.15, 0.2) is 66.7 Å². The zero-order valence-electron chi connectivity index (χ0n) is 27.5. The van der Waals surface area contributed by atoms with Crippen LogP contribution in [0.1, 0.15) is 56.0 Å². The van der Waals surface area contributed by atoms with Gasteiger partial charge in [0.2, 0.25) is 0 Å². The summed E-state index contributed by atoms with van der Waals surface area (Å²) >= 11 is 12.4. The number of benzene rings is 3. The van der Waals surface area contributed by atoms with Crippen LogP contribution in [0.2, 0.25) is 10.0 Å². The van der Waals surface area contributed by atoms with Crippen molar-refractivity contribution in [1.29, 1.82) is 0 Å². The number of aliphatic hydroxyl groups excluding tert-OH is 1. The molecule has 254 valence electrons. The fourth-order valence-electron chi connectivity index (χ4n) is 5.60. The number of halogens is 2. The number of hydrogen-bond acceptors (Lipinski definition) is 6. The van der Waals surface area contributed by atoms with Gasteiger partial charge in [0.15, 0.2) is 0 Å². The maximum atomic E-state index is 14.3. The first kappa shape index (κ1) is 36.5. The molecule has 0 saturated carbocycles. The molecule has 3 aromatic rings. The Hall–Kier alpha value is -3.34. The minimum absolute atomic E-state index is 0.0756. The predicted molar refractivity (Wildman–Crippen MR) is 189 cm³/mol. The molecule has 11 heteroatoms. The molecule has 4 atom stereocenters. The van der Waals surface area contributed by atoms with Crippen molar-refractivity contribution < 1.29 is 24.2 Å². The van der Waals surface area contributed by atoms with Gasteiger partial charge in [0, 0.05) is 43.5 Å². The molecule has 9 nitrogen and oxygen atoms in total. The van der Waals surface area contributed by atoms with Crippen LogP contribution in [0, 0.1) is 5.92 Å². The number of para-hydroxylation sites is 1. The maximum Gasteiger partial charge on any atom is 0.323 e. The largest absolute Gasteiger partial charge is 0.490 e. The van der Waals surface area contributed by atoms with Gasteiger partial charge in [0.05, 0.1) is 40.5 Å². The third kappa shape index (κ3) is 10.8. The van der Waals surface area contributed by atoms with Crippen molar-refractivity contribution in [1.82, 2.24) is 9.80 Å². The van der Waals surface area contributed by atoms with Gasteiger partial charge in [-0.1, -0.05) is 54.4 Å². The Morgan fingerprint density at radius 2 is 1.77 bits per heavy atom. The van der Waals surface area contributed by atoms with E-state index in [4.69, 9.17) is 32.7 Å². The first-order valence-electron chi connectivity index (χ1n) is 16.1. The number of nitrogens with one attached hydrogen (secondary N) is 2. The van der Waals surface area contributed by atoms with E-state index in [0.29, 0.717) is 59.0 Å². The van der Waals surface area contributed by atoms with Crippen LogP contribution < -0.4 is 15.4 Å². The van der Waals surface area contributed by atoms with Gasteiger partial charge < -0.3 is 30.1 Å². The summed E-state index contributed by atoms with van der Waals surface area (Å²) in [5.41, 5.74) is 2.44. The second-order valence-corrected chi connectivity index (χ2v) is 13.2. The molecule has 0 spiro atoms. The number of anilines is 2. The molecule has 47 heavy (non-hydrogen) atoms. The van der Waals surface area contributed by atoms with Crippen LogP contribution in [-0.2, 0) is 11.3 Å². The molecule has 0 unspecified atom stereocenters. The molecule has 0 fully saturated rings. The van der Waals surface area contributed by atoms with Crippen molar-refractivity contribution in [3.63, 3.8) is 0 Å². The number of fused-ring (bicyclic) bond motifs is 1. The normalized spacial score (nSPS) is 20.1. The van der Waals surface area contributed by atoms with Crippen molar-refractivity contribution >= 4 is 46.5 Å². The van der Waals surface area contributed by atoms with E-state index in [0.717, 1.165) is 24.8 Å². The Balaban J connectivity index is 1.58. The van der Waals surface area contributed by atoms with Crippen molar-refractivity contribution in [2.24, 2.45) is 5.92 Å². The topological polar surface area (TPSA) is 103 Å².